The molecule has 0 fully saturated rings. The molecule has 0 N–H and O–H groups in total. The highest BCUT2D eigenvalue weighted by atomic mass is 19.4. The lowest BCUT2D eigenvalue weighted by Gasteiger charge is -2.21. The Morgan fingerprint density at radius 3 is 0.686 bits per heavy atom. The average molecular weight is 1450 g/mol. The van der Waals surface area contributed by atoms with Crippen molar-refractivity contribution in [2.75, 3.05) is 0 Å². The van der Waals surface area contributed by atoms with E-state index in [2.05, 4.69) is 0 Å². The zero-order valence-electron chi connectivity index (χ0n) is 49.7. The maximum Gasteiger partial charge on any atom is 0.417 e. The smallest absolute Gasteiger partial charge is 0.308 e. The molecular weight excluding hydrogens is 1420 g/mol. The fraction of sp³-hybridized carbons (Fsp3) is 0.127. The number of benzene rings is 10. The summed E-state index contributed by atoms with van der Waals surface area (Å²) in [5.41, 5.74) is -27.8. The molecule has 12 aromatic rings. The molecule has 0 spiro atoms. The van der Waals surface area contributed by atoms with Gasteiger partial charge in [-0.25, -0.2) is 0 Å². The molecule has 0 aliphatic rings. The second kappa shape index (κ2) is 23.8. The van der Waals surface area contributed by atoms with Gasteiger partial charge in [0.1, 0.15) is 11.6 Å². The van der Waals surface area contributed by atoms with E-state index in [-0.39, 0.29) is 116 Å². The number of hydrogen-bond acceptors (Lipinski definition) is 2. The molecule has 0 saturated carbocycles. The van der Waals surface area contributed by atoms with E-state index in [1.165, 1.54) is 0 Å². The molecule has 0 saturated heterocycles. The Bertz CT molecular complexity index is 4840. The molecule has 0 radical (unpaired) electrons. The van der Waals surface area contributed by atoms with Gasteiger partial charge in [-0.15, -0.1) is 0 Å². The van der Waals surface area contributed by atoms with Crippen LogP contribution >= 0.6 is 0 Å². The predicted molar refractivity (Wildman–Crippen MR) is 317 cm³/mol. The minimum Gasteiger partial charge on any atom is -0.308 e. The standard InChI is InChI=1S/C71H29F27N4/c72-63(73,74)42-12-37(13-43(26-42)64(75,76)77)32-4-8-56-50(20-32)51-21-33(38-14-44(65(78,79)80)27-45(15-38)66(81,82)83)5-9-57(51)101(56)60-24-41(62-36(30-99)2-1-3-55(62)71(96,97)98)25-61(54(60)31-100)102-58-10-6-34(39-16-46(67(84,85)86)28-47(17-39)68(87,88)89)22-52(58)53-23-35(7-11-59(53)102)40-18-48(69(90,91)92)29-49(19-40)70(93,94)95/h1-29H. The quantitative estimate of drug-likeness (QED) is 0.149. The van der Waals surface area contributed by atoms with E-state index in [4.69, 9.17) is 0 Å². The lowest BCUT2D eigenvalue weighted by atomic mass is 9.92. The molecule has 0 aliphatic heterocycles. The summed E-state index contributed by atoms with van der Waals surface area (Å²) in [6.07, 6.45) is -49.2. The van der Waals surface area contributed by atoms with Crippen LogP contribution in [0.3, 0.4) is 0 Å². The second-order valence-electron chi connectivity index (χ2n) is 23.1. The van der Waals surface area contributed by atoms with Crippen molar-refractivity contribution in [2.24, 2.45) is 0 Å². The largest absolute Gasteiger partial charge is 0.417 e. The molecule has 0 atom stereocenters. The first-order valence-corrected chi connectivity index (χ1v) is 28.7. The third-order valence-electron chi connectivity index (χ3n) is 16.7. The van der Waals surface area contributed by atoms with E-state index in [0.29, 0.717) is 6.07 Å². The fourth-order valence-corrected chi connectivity index (χ4v) is 12.2. The Morgan fingerprint density at radius 2 is 0.480 bits per heavy atom. The molecule has 2 heterocycles. The third-order valence-corrected chi connectivity index (χ3v) is 16.7. The molecule has 102 heavy (non-hydrogen) atoms. The van der Waals surface area contributed by atoms with Crippen LogP contribution in [-0.2, 0) is 55.6 Å². The first-order valence-electron chi connectivity index (χ1n) is 28.7. The molecule has 0 bridgehead atoms. The van der Waals surface area contributed by atoms with Crippen LogP contribution in [0, 0.1) is 22.7 Å². The summed E-state index contributed by atoms with van der Waals surface area (Å²) in [4.78, 5) is 0. The van der Waals surface area contributed by atoms with Crippen molar-refractivity contribution in [2.45, 2.75) is 55.6 Å². The maximum atomic E-state index is 15.5. The van der Waals surface area contributed by atoms with Crippen LogP contribution in [0.15, 0.2) is 176 Å². The van der Waals surface area contributed by atoms with Crippen LogP contribution in [0.5, 0.6) is 0 Å². The van der Waals surface area contributed by atoms with Gasteiger partial charge in [-0.1, -0.05) is 30.3 Å². The number of alkyl halides is 27. The Hall–Kier alpha value is -11.1. The summed E-state index contributed by atoms with van der Waals surface area (Å²) in [6.45, 7) is 0. The summed E-state index contributed by atoms with van der Waals surface area (Å²) >= 11 is 0. The van der Waals surface area contributed by atoms with Crippen LogP contribution < -0.4 is 0 Å². The summed E-state index contributed by atoms with van der Waals surface area (Å²) in [5.74, 6) is 0. The van der Waals surface area contributed by atoms with E-state index >= 15 is 13.2 Å². The van der Waals surface area contributed by atoms with Gasteiger partial charge in [0.2, 0.25) is 0 Å². The number of hydrogen-bond donors (Lipinski definition) is 0. The Balaban J connectivity index is 1.24. The topological polar surface area (TPSA) is 57.4 Å². The first-order chi connectivity index (χ1) is 47.1. The summed E-state index contributed by atoms with van der Waals surface area (Å²) in [6, 6.07) is 19.9. The molecule has 0 amide bonds. The van der Waals surface area contributed by atoms with Gasteiger partial charge in [-0.05, 0) is 196 Å². The molecule has 31 heteroatoms. The molecule has 2 aromatic heterocycles. The summed E-state index contributed by atoms with van der Waals surface area (Å²) in [7, 11) is 0. The van der Waals surface area contributed by atoms with Crippen molar-refractivity contribution in [1.82, 2.24) is 9.13 Å². The Morgan fingerprint density at radius 1 is 0.235 bits per heavy atom. The van der Waals surface area contributed by atoms with Gasteiger partial charge in [0.15, 0.2) is 0 Å². The second-order valence-corrected chi connectivity index (χ2v) is 23.1. The maximum absolute atomic E-state index is 15.5. The van der Waals surface area contributed by atoms with Gasteiger partial charge < -0.3 is 9.13 Å². The van der Waals surface area contributed by atoms with Crippen molar-refractivity contribution >= 4 is 43.6 Å². The van der Waals surface area contributed by atoms with Crippen molar-refractivity contribution in [1.29, 1.82) is 10.5 Å². The van der Waals surface area contributed by atoms with Gasteiger partial charge in [-0.2, -0.15) is 129 Å². The van der Waals surface area contributed by atoms with Crippen LogP contribution in [0.25, 0.3) is 111 Å². The van der Waals surface area contributed by atoms with Gasteiger partial charge in [0.25, 0.3) is 0 Å². The molecular formula is C71H29F27N4. The summed E-state index contributed by atoms with van der Waals surface area (Å²) in [5, 5.41) is 20.7. The van der Waals surface area contributed by atoms with Crippen molar-refractivity contribution in [3.05, 3.63) is 237 Å². The lowest BCUT2D eigenvalue weighted by molar-refractivity contribution is -0.144. The molecule has 0 aliphatic carbocycles. The first kappa shape index (κ1) is 70.7. The van der Waals surface area contributed by atoms with Gasteiger partial charge in [0, 0.05) is 27.1 Å². The molecule has 12 rings (SSSR count). The normalized spacial score (nSPS) is 13.2. The SMILES string of the molecule is N#Cc1cccc(C(F)(F)F)c1-c1cc(-n2c3ccc(-c4cc(C(F)(F)F)cc(C(F)(F)F)c4)cc3c3cc(-c4cc(C(F)(F)F)cc(C(F)(F)F)c4)ccc32)c(C#N)c(-n2c3ccc(-c4cc(C(F)(F)F)cc(C(F)(F)F)c4)cc3c3cc(-c4cc(C(F)(F)F)cc(C(F)(F)F)c4)ccc32)c1. The number of halogens is 27. The molecule has 0 unspecified atom stereocenters. The lowest BCUT2D eigenvalue weighted by Crippen LogP contribution is -2.11. The predicted octanol–water partition coefficient (Wildman–Crippen LogP) is 25.1. The van der Waals surface area contributed by atoms with Gasteiger partial charge in [0.05, 0.1) is 95.1 Å². The molecule has 4 nitrogen and oxygen atoms in total. The highest BCUT2D eigenvalue weighted by Gasteiger charge is 2.43. The molecule has 522 valence electrons. The number of nitrogens with zero attached hydrogens (tertiary/aromatic N) is 4. The van der Waals surface area contributed by atoms with Crippen molar-refractivity contribution in [3.8, 4) is 79.1 Å². The highest BCUT2D eigenvalue weighted by molar-refractivity contribution is 6.14. The zero-order chi connectivity index (χ0) is 74.5. The number of aromatic nitrogens is 2. The van der Waals surface area contributed by atoms with Crippen molar-refractivity contribution in [3.63, 3.8) is 0 Å². The van der Waals surface area contributed by atoms with E-state index in [1.54, 1.807) is 6.07 Å². The number of nitriles is 2. The highest BCUT2D eigenvalue weighted by Crippen LogP contribution is 2.50. The minimum absolute atomic E-state index is 0.227. The van der Waals surface area contributed by atoms with Crippen LogP contribution in [0.2, 0.25) is 0 Å². The summed E-state index contributed by atoms with van der Waals surface area (Å²) < 4.78 is 394. The van der Waals surface area contributed by atoms with E-state index in [1.807, 2.05) is 6.07 Å². The zero-order valence-corrected chi connectivity index (χ0v) is 49.7. The van der Waals surface area contributed by atoms with Gasteiger partial charge in [-0.3, -0.25) is 0 Å². The van der Waals surface area contributed by atoms with E-state index in [9.17, 15) is 116 Å². The Labute approximate surface area is 552 Å². The minimum atomic E-state index is -5.47. The van der Waals surface area contributed by atoms with Crippen molar-refractivity contribution < 1.29 is 119 Å². The van der Waals surface area contributed by atoms with E-state index < -0.39 is 184 Å². The number of rotatable bonds is 7. The monoisotopic (exact) mass is 1450 g/mol. The van der Waals surface area contributed by atoms with Gasteiger partial charge >= 0.3 is 55.6 Å². The molecule has 10 aromatic carbocycles. The van der Waals surface area contributed by atoms with E-state index in [0.717, 1.165) is 106 Å². The fourth-order valence-electron chi connectivity index (χ4n) is 12.2. The average Bonchev–Trinajstić information content (AvgIpc) is 1.70. The number of fused-ring (bicyclic) bond motifs is 6. The van der Waals surface area contributed by atoms with Crippen LogP contribution in [-0.4, -0.2) is 9.13 Å². The van der Waals surface area contributed by atoms with Crippen LogP contribution in [0.1, 0.15) is 61.2 Å². The third kappa shape index (κ3) is 13.1. The Kier molecular flexibility index (Phi) is 16.5. The van der Waals surface area contributed by atoms with Crippen LogP contribution in [0.4, 0.5) is 119 Å².